The van der Waals surface area contributed by atoms with Gasteiger partial charge < -0.3 is 10.1 Å². The van der Waals surface area contributed by atoms with Crippen LogP contribution in [0, 0.1) is 17.6 Å². The molecule has 0 spiro atoms. The lowest BCUT2D eigenvalue weighted by Gasteiger charge is -2.28. The number of halogens is 3. The number of nitrogens with one attached hydrogen (secondary N) is 1. The summed E-state index contributed by atoms with van der Waals surface area (Å²) >= 11 is 3.19. The molecule has 112 valence electrons. The van der Waals surface area contributed by atoms with Crippen molar-refractivity contribution in [2.75, 3.05) is 19.8 Å². The minimum Gasteiger partial charge on any atom is -0.381 e. The maximum absolute atomic E-state index is 13.7. The summed E-state index contributed by atoms with van der Waals surface area (Å²) < 4.78 is 32.5. The molecule has 1 saturated heterocycles. The van der Waals surface area contributed by atoms with Crippen molar-refractivity contribution in [1.29, 1.82) is 0 Å². The fourth-order valence-electron chi connectivity index (χ4n) is 2.69. The molecule has 1 unspecified atom stereocenters. The monoisotopic (exact) mass is 347 g/mol. The summed E-state index contributed by atoms with van der Waals surface area (Å²) in [4.78, 5) is 0. The van der Waals surface area contributed by atoms with Gasteiger partial charge >= 0.3 is 0 Å². The second kappa shape index (κ2) is 7.48. The highest BCUT2D eigenvalue weighted by Crippen LogP contribution is 2.33. The fourth-order valence-corrected chi connectivity index (χ4v) is 3.29. The van der Waals surface area contributed by atoms with Gasteiger partial charge in [0, 0.05) is 19.3 Å². The molecule has 0 aliphatic carbocycles. The molecule has 1 atom stereocenters. The number of rotatable bonds is 5. The van der Waals surface area contributed by atoms with Gasteiger partial charge in [-0.05, 0) is 59.3 Å². The van der Waals surface area contributed by atoms with Gasteiger partial charge in [0.2, 0.25) is 0 Å². The zero-order chi connectivity index (χ0) is 14.5. The van der Waals surface area contributed by atoms with Crippen molar-refractivity contribution in [1.82, 2.24) is 5.32 Å². The Morgan fingerprint density at radius 3 is 2.70 bits per heavy atom. The normalized spacial score (nSPS) is 18.2. The SMILES string of the molecule is CCNC(CC1CCOCC1)c1ccc(F)c(F)c1Br. The van der Waals surface area contributed by atoms with Gasteiger partial charge in [-0.15, -0.1) is 0 Å². The Morgan fingerprint density at radius 1 is 1.35 bits per heavy atom. The van der Waals surface area contributed by atoms with Crippen LogP contribution >= 0.6 is 15.9 Å². The summed E-state index contributed by atoms with van der Waals surface area (Å²) in [5.41, 5.74) is 0.789. The minimum atomic E-state index is -0.818. The number of benzene rings is 1. The standard InChI is InChI=1S/C15H20BrF2NO/c1-2-19-13(9-10-5-7-20-8-6-10)11-3-4-12(17)15(18)14(11)16/h3-4,10,13,19H,2,5-9H2,1H3. The van der Waals surface area contributed by atoms with E-state index in [-0.39, 0.29) is 10.5 Å². The molecule has 1 aliphatic heterocycles. The van der Waals surface area contributed by atoms with E-state index >= 15 is 0 Å². The topological polar surface area (TPSA) is 21.3 Å². The summed E-state index contributed by atoms with van der Waals surface area (Å²) in [7, 11) is 0. The van der Waals surface area contributed by atoms with Gasteiger partial charge in [-0.3, -0.25) is 0 Å². The molecule has 1 aromatic carbocycles. The average molecular weight is 348 g/mol. The zero-order valence-electron chi connectivity index (χ0n) is 11.6. The Morgan fingerprint density at radius 2 is 2.05 bits per heavy atom. The van der Waals surface area contributed by atoms with Crippen LogP contribution in [0.2, 0.25) is 0 Å². The summed E-state index contributed by atoms with van der Waals surface area (Å²) in [6.07, 6.45) is 2.98. The lowest BCUT2D eigenvalue weighted by atomic mass is 9.89. The third kappa shape index (κ3) is 3.77. The molecule has 2 rings (SSSR count). The first kappa shape index (κ1) is 15.9. The molecule has 0 saturated carbocycles. The van der Waals surface area contributed by atoms with Crippen molar-refractivity contribution in [3.63, 3.8) is 0 Å². The third-order valence-corrected chi connectivity index (χ3v) is 4.61. The molecule has 5 heteroatoms. The van der Waals surface area contributed by atoms with E-state index in [2.05, 4.69) is 21.2 Å². The van der Waals surface area contributed by atoms with Gasteiger partial charge in [-0.1, -0.05) is 13.0 Å². The van der Waals surface area contributed by atoms with Gasteiger partial charge in [-0.25, -0.2) is 8.78 Å². The van der Waals surface area contributed by atoms with Crippen molar-refractivity contribution >= 4 is 15.9 Å². The van der Waals surface area contributed by atoms with Gasteiger partial charge in [0.25, 0.3) is 0 Å². The van der Waals surface area contributed by atoms with Crippen molar-refractivity contribution in [3.05, 3.63) is 33.8 Å². The number of ether oxygens (including phenoxy) is 1. The van der Waals surface area contributed by atoms with E-state index in [1.165, 1.54) is 6.07 Å². The molecule has 20 heavy (non-hydrogen) atoms. The Balaban J connectivity index is 2.17. The Kier molecular flexibility index (Phi) is 5.93. The summed E-state index contributed by atoms with van der Waals surface area (Å²) in [6, 6.07) is 2.89. The van der Waals surface area contributed by atoms with E-state index in [4.69, 9.17) is 4.74 Å². The Labute approximate surface area is 127 Å². The molecule has 0 radical (unpaired) electrons. The van der Waals surface area contributed by atoms with E-state index in [1.54, 1.807) is 6.07 Å². The van der Waals surface area contributed by atoms with Crippen LogP contribution in [-0.4, -0.2) is 19.8 Å². The first-order chi connectivity index (χ1) is 9.63. The van der Waals surface area contributed by atoms with Gasteiger partial charge in [-0.2, -0.15) is 0 Å². The smallest absolute Gasteiger partial charge is 0.173 e. The molecule has 1 aliphatic rings. The van der Waals surface area contributed by atoms with Crippen LogP contribution in [0.25, 0.3) is 0 Å². The van der Waals surface area contributed by atoms with E-state index < -0.39 is 11.6 Å². The van der Waals surface area contributed by atoms with Crippen molar-refractivity contribution < 1.29 is 13.5 Å². The van der Waals surface area contributed by atoms with Crippen LogP contribution in [0.3, 0.4) is 0 Å². The summed E-state index contributed by atoms with van der Waals surface area (Å²) in [5, 5.41) is 3.37. The highest BCUT2D eigenvalue weighted by Gasteiger charge is 2.23. The first-order valence-electron chi connectivity index (χ1n) is 7.08. The van der Waals surface area contributed by atoms with Gasteiger partial charge in [0.15, 0.2) is 11.6 Å². The van der Waals surface area contributed by atoms with Crippen molar-refractivity contribution in [3.8, 4) is 0 Å². The lowest BCUT2D eigenvalue weighted by Crippen LogP contribution is -2.26. The molecule has 2 nitrogen and oxygen atoms in total. The van der Waals surface area contributed by atoms with Crippen molar-refractivity contribution in [2.45, 2.75) is 32.2 Å². The number of hydrogen-bond donors (Lipinski definition) is 1. The molecular weight excluding hydrogens is 328 g/mol. The highest BCUT2D eigenvalue weighted by atomic mass is 79.9. The molecule has 0 amide bonds. The first-order valence-corrected chi connectivity index (χ1v) is 7.87. The van der Waals surface area contributed by atoms with Crippen LogP contribution < -0.4 is 5.32 Å². The van der Waals surface area contributed by atoms with Crippen LogP contribution in [0.15, 0.2) is 16.6 Å². The fraction of sp³-hybridized carbons (Fsp3) is 0.600. The third-order valence-electron chi connectivity index (χ3n) is 3.80. The van der Waals surface area contributed by atoms with E-state index in [1.807, 2.05) is 6.92 Å². The molecule has 1 aromatic rings. The molecule has 1 heterocycles. The predicted octanol–water partition coefficient (Wildman–Crippen LogP) is 4.19. The van der Waals surface area contributed by atoms with Crippen LogP contribution in [0.4, 0.5) is 8.78 Å². The summed E-state index contributed by atoms with van der Waals surface area (Å²) in [6.45, 7) is 4.40. The molecule has 0 bridgehead atoms. The number of hydrogen-bond acceptors (Lipinski definition) is 2. The van der Waals surface area contributed by atoms with E-state index in [0.717, 1.165) is 44.6 Å². The van der Waals surface area contributed by atoms with Crippen molar-refractivity contribution in [2.24, 2.45) is 5.92 Å². The van der Waals surface area contributed by atoms with Crippen LogP contribution in [-0.2, 0) is 4.74 Å². The quantitative estimate of drug-likeness (QED) is 0.806. The molecule has 1 fully saturated rings. The zero-order valence-corrected chi connectivity index (χ0v) is 13.2. The average Bonchev–Trinajstić information content (AvgIpc) is 2.46. The van der Waals surface area contributed by atoms with Crippen LogP contribution in [0.5, 0.6) is 0 Å². The lowest BCUT2D eigenvalue weighted by molar-refractivity contribution is 0.0605. The Bertz CT molecular complexity index is 450. The maximum Gasteiger partial charge on any atom is 0.173 e. The summed E-state index contributed by atoms with van der Waals surface area (Å²) in [5.74, 6) is -1.06. The van der Waals surface area contributed by atoms with Crippen LogP contribution in [0.1, 0.15) is 37.8 Å². The van der Waals surface area contributed by atoms with Gasteiger partial charge in [0.1, 0.15) is 0 Å². The molecular formula is C15H20BrF2NO. The van der Waals surface area contributed by atoms with E-state index in [9.17, 15) is 8.78 Å². The second-order valence-electron chi connectivity index (χ2n) is 5.17. The minimum absolute atomic E-state index is 0.0348. The second-order valence-corrected chi connectivity index (χ2v) is 5.96. The molecule has 1 N–H and O–H groups in total. The highest BCUT2D eigenvalue weighted by molar-refractivity contribution is 9.10. The van der Waals surface area contributed by atoms with E-state index in [0.29, 0.717) is 5.92 Å². The largest absolute Gasteiger partial charge is 0.381 e. The Hall–Kier alpha value is -0.520. The van der Waals surface area contributed by atoms with Gasteiger partial charge in [0.05, 0.1) is 4.47 Å². The predicted molar refractivity (Wildman–Crippen MR) is 78.6 cm³/mol. The maximum atomic E-state index is 13.7. The molecule has 0 aromatic heterocycles.